The first-order valence-electron chi connectivity index (χ1n) is 11.8. The van der Waals surface area contributed by atoms with Crippen LogP contribution in [-0.2, 0) is 11.2 Å². The minimum absolute atomic E-state index is 0.0365. The minimum atomic E-state index is -0.373. The molecule has 178 valence electrons. The van der Waals surface area contributed by atoms with Crippen LogP contribution in [0, 0.1) is 11.2 Å². The van der Waals surface area contributed by atoms with E-state index in [1.807, 2.05) is 38.1 Å². The molecule has 1 aromatic heterocycles. The van der Waals surface area contributed by atoms with Gasteiger partial charge in [-0.2, -0.15) is 0 Å². The summed E-state index contributed by atoms with van der Waals surface area (Å²) in [6.07, 6.45) is 3.75. The Bertz CT molecular complexity index is 1090. The number of fused-ring (bicyclic) bond motifs is 1. The van der Waals surface area contributed by atoms with Crippen LogP contribution in [0.3, 0.4) is 0 Å². The summed E-state index contributed by atoms with van der Waals surface area (Å²) in [6.45, 7) is 12.9. The molecule has 0 bridgehead atoms. The first-order chi connectivity index (χ1) is 15.7. The molecule has 0 fully saturated rings. The summed E-state index contributed by atoms with van der Waals surface area (Å²) in [6, 6.07) is 11.1. The van der Waals surface area contributed by atoms with Gasteiger partial charge >= 0.3 is 0 Å². The topological polar surface area (TPSA) is 56.1 Å². The molecule has 0 spiro atoms. The van der Waals surface area contributed by atoms with E-state index in [2.05, 4.69) is 37.6 Å². The first kappa shape index (κ1) is 24.7. The number of carbonyl (C=O) groups is 1. The largest absolute Gasteiger partial charge is 0.491 e. The molecule has 1 heterocycles. The Kier molecular flexibility index (Phi) is 7.77. The zero-order valence-corrected chi connectivity index (χ0v) is 20.6. The molecule has 6 heteroatoms. The quantitative estimate of drug-likeness (QED) is 0.311. The number of hydrogen-bond acceptors (Lipinski definition) is 4. The molecule has 0 aliphatic carbocycles. The Morgan fingerprint density at radius 2 is 1.88 bits per heavy atom. The number of carbonyl (C=O) groups excluding carboxylic acids is 1. The molecule has 3 aromatic rings. The lowest BCUT2D eigenvalue weighted by Crippen LogP contribution is -2.20. The molecule has 0 aliphatic heterocycles. The van der Waals surface area contributed by atoms with Crippen LogP contribution < -0.4 is 10.1 Å². The van der Waals surface area contributed by atoms with Crippen molar-refractivity contribution in [1.82, 2.24) is 9.55 Å². The average molecular weight is 454 g/mol. The lowest BCUT2D eigenvalue weighted by Gasteiger charge is -2.30. The Hall–Kier alpha value is -2.89. The van der Waals surface area contributed by atoms with E-state index >= 15 is 0 Å². The number of rotatable bonds is 11. The summed E-state index contributed by atoms with van der Waals surface area (Å²) >= 11 is 0. The number of imidazole rings is 1. The van der Waals surface area contributed by atoms with E-state index in [0.29, 0.717) is 17.0 Å². The van der Waals surface area contributed by atoms with Crippen LogP contribution in [0.1, 0.15) is 72.4 Å². The maximum absolute atomic E-state index is 14.8. The second-order valence-corrected chi connectivity index (χ2v) is 9.71. The van der Waals surface area contributed by atoms with Gasteiger partial charge < -0.3 is 19.4 Å². The van der Waals surface area contributed by atoms with Crippen molar-refractivity contribution in [3.05, 3.63) is 47.8 Å². The second kappa shape index (κ2) is 10.4. The zero-order valence-electron chi connectivity index (χ0n) is 20.6. The van der Waals surface area contributed by atoms with E-state index in [0.717, 1.165) is 42.5 Å². The van der Waals surface area contributed by atoms with E-state index in [1.165, 1.54) is 6.07 Å². The number of nitrogens with one attached hydrogen (secondary N) is 1. The van der Waals surface area contributed by atoms with Gasteiger partial charge in [-0.05, 0) is 68.0 Å². The van der Waals surface area contributed by atoms with Gasteiger partial charge in [0.25, 0.3) is 0 Å². The van der Waals surface area contributed by atoms with E-state index in [-0.39, 0.29) is 29.8 Å². The van der Waals surface area contributed by atoms with Crippen molar-refractivity contribution in [3.63, 3.8) is 0 Å². The highest BCUT2D eigenvalue weighted by Crippen LogP contribution is 2.38. The summed E-state index contributed by atoms with van der Waals surface area (Å²) in [5.74, 6) is 1.10. The summed E-state index contributed by atoms with van der Waals surface area (Å²) in [5, 5.41) is 3.44. The van der Waals surface area contributed by atoms with Crippen molar-refractivity contribution >= 4 is 29.0 Å². The number of nitrogens with zero attached hydrogens (tertiary/aromatic N) is 2. The molecule has 33 heavy (non-hydrogen) atoms. The van der Waals surface area contributed by atoms with Crippen LogP contribution in [0.15, 0.2) is 36.4 Å². The number of ether oxygens (including phenoxy) is 1. The lowest BCUT2D eigenvalue weighted by atomic mass is 9.82. The monoisotopic (exact) mass is 453 g/mol. The Balaban J connectivity index is 2.07. The molecule has 0 radical (unpaired) electrons. The fraction of sp³-hybridized carbons (Fsp3) is 0.481. The van der Waals surface area contributed by atoms with Crippen molar-refractivity contribution in [3.8, 4) is 5.75 Å². The molecule has 0 amide bonds. The molecule has 5 nitrogen and oxygen atoms in total. The summed E-state index contributed by atoms with van der Waals surface area (Å²) in [7, 11) is 0. The van der Waals surface area contributed by atoms with Crippen LogP contribution >= 0.6 is 0 Å². The molecule has 1 unspecified atom stereocenters. The van der Waals surface area contributed by atoms with Gasteiger partial charge in [0.2, 0.25) is 5.95 Å². The van der Waals surface area contributed by atoms with Gasteiger partial charge in [0, 0.05) is 24.2 Å². The molecule has 3 rings (SSSR count). The first-order valence-corrected chi connectivity index (χ1v) is 11.8. The normalized spacial score (nSPS) is 12.8. The third-order valence-corrected chi connectivity index (χ3v) is 6.22. The standard InChI is InChI=1S/C27H36FN3O2/c1-7-21(17-27(5,6)8-2)31-25-16-23(28)19(13-14-32)15-24(25)30-26(31)29-20-9-11-22(12-10-20)33-18(3)4/h9-12,14-16,18,21H,7-8,13,17H2,1-6H3,(H,29,30). The molecular weight excluding hydrogens is 417 g/mol. The highest BCUT2D eigenvalue weighted by Gasteiger charge is 2.26. The minimum Gasteiger partial charge on any atom is -0.491 e. The molecule has 1 atom stereocenters. The Labute approximate surface area is 196 Å². The molecule has 0 aliphatic rings. The van der Waals surface area contributed by atoms with Gasteiger partial charge in [-0.15, -0.1) is 0 Å². The third kappa shape index (κ3) is 5.92. The smallest absolute Gasteiger partial charge is 0.208 e. The summed E-state index contributed by atoms with van der Waals surface area (Å²) in [5.41, 5.74) is 2.80. The van der Waals surface area contributed by atoms with Gasteiger partial charge in [-0.1, -0.05) is 34.1 Å². The summed E-state index contributed by atoms with van der Waals surface area (Å²) < 4.78 is 22.7. The van der Waals surface area contributed by atoms with Gasteiger partial charge in [0.15, 0.2) is 0 Å². The molecule has 0 saturated carbocycles. The number of anilines is 2. The lowest BCUT2D eigenvalue weighted by molar-refractivity contribution is -0.107. The van der Waals surface area contributed by atoms with E-state index < -0.39 is 0 Å². The Morgan fingerprint density at radius 1 is 1.18 bits per heavy atom. The highest BCUT2D eigenvalue weighted by atomic mass is 19.1. The number of benzene rings is 2. The van der Waals surface area contributed by atoms with E-state index in [1.54, 1.807) is 6.07 Å². The third-order valence-electron chi connectivity index (χ3n) is 6.22. The van der Waals surface area contributed by atoms with Gasteiger partial charge in [-0.3, -0.25) is 0 Å². The van der Waals surface area contributed by atoms with Crippen molar-refractivity contribution in [1.29, 1.82) is 0 Å². The molecule has 0 saturated heterocycles. The van der Waals surface area contributed by atoms with E-state index in [4.69, 9.17) is 9.72 Å². The maximum Gasteiger partial charge on any atom is 0.208 e. The number of aldehydes is 1. The van der Waals surface area contributed by atoms with Crippen LogP contribution in [0.2, 0.25) is 0 Å². The fourth-order valence-electron chi connectivity index (χ4n) is 4.08. The van der Waals surface area contributed by atoms with Crippen LogP contribution in [0.5, 0.6) is 5.75 Å². The number of halogens is 1. The maximum atomic E-state index is 14.8. The number of hydrogen-bond donors (Lipinski definition) is 1. The zero-order chi connectivity index (χ0) is 24.2. The molecule has 1 N–H and O–H groups in total. The SMILES string of the molecule is CCC(CC(C)(C)CC)n1c(Nc2ccc(OC(C)C)cc2)nc2cc(CC=O)c(F)cc21. The van der Waals surface area contributed by atoms with Gasteiger partial charge in [-0.25, -0.2) is 9.37 Å². The van der Waals surface area contributed by atoms with Gasteiger partial charge in [0.1, 0.15) is 17.9 Å². The van der Waals surface area contributed by atoms with E-state index in [9.17, 15) is 9.18 Å². The van der Waals surface area contributed by atoms with Crippen molar-refractivity contribution in [2.45, 2.75) is 79.4 Å². The molecular formula is C27H36FN3O2. The molecule has 2 aromatic carbocycles. The van der Waals surface area contributed by atoms with Crippen molar-refractivity contribution in [2.24, 2.45) is 5.41 Å². The average Bonchev–Trinajstić information content (AvgIpc) is 3.10. The summed E-state index contributed by atoms with van der Waals surface area (Å²) in [4.78, 5) is 15.8. The Morgan fingerprint density at radius 3 is 2.45 bits per heavy atom. The van der Waals surface area contributed by atoms with Crippen molar-refractivity contribution < 1.29 is 13.9 Å². The second-order valence-electron chi connectivity index (χ2n) is 9.71. The predicted molar refractivity (Wildman–Crippen MR) is 133 cm³/mol. The predicted octanol–water partition coefficient (Wildman–Crippen LogP) is 7.23. The fourth-order valence-corrected chi connectivity index (χ4v) is 4.08. The van der Waals surface area contributed by atoms with Crippen LogP contribution in [-0.4, -0.2) is 21.9 Å². The highest BCUT2D eigenvalue weighted by molar-refractivity contribution is 5.81. The van der Waals surface area contributed by atoms with Gasteiger partial charge in [0.05, 0.1) is 17.1 Å². The van der Waals surface area contributed by atoms with Crippen LogP contribution in [0.25, 0.3) is 11.0 Å². The van der Waals surface area contributed by atoms with Crippen molar-refractivity contribution in [2.75, 3.05) is 5.32 Å². The van der Waals surface area contributed by atoms with Crippen LogP contribution in [0.4, 0.5) is 16.0 Å². The number of aromatic nitrogens is 2.